The quantitative estimate of drug-likeness (QED) is 0.603. The number of carbonyl (C=O) groups excluding carboxylic acids is 3. The molecule has 122 valence electrons. The Kier molecular flexibility index (Phi) is 4.56. The standard InChI is InChI=1S/C18H15NO5/c20-16(11-6-12-23-13-7-2-1-3-8-13)24-19-17(21)14-9-4-5-10-15(14)18(19)22/h1-5,7-10H,6,11-12H2. The summed E-state index contributed by atoms with van der Waals surface area (Å²) in [5.74, 6) is -1.18. The predicted octanol–water partition coefficient (Wildman–Crippen LogP) is 2.60. The van der Waals surface area contributed by atoms with E-state index in [-0.39, 0.29) is 17.5 Å². The predicted molar refractivity (Wildman–Crippen MR) is 84.2 cm³/mol. The SMILES string of the molecule is O=C(CCCOc1ccccc1)ON1C(=O)c2ccccc2C1=O. The van der Waals surface area contributed by atoms with Gasteiger partial charge in [-0.15, -0.1) is 0 Å². The molecule has 0 radical (unpaired) electrons. The summed E-state index contributed by atoms with van der Waals surface area (Å²) in [6.07, 6.45) is 0.455. The molecular weight excluding hydrogens is 310 g/mol. The van der Waals surface area contributed by atoms with Gasteiger partial charge < -0.3 is 9.57 Å². The van der Waals surface area contributed by atoms with Crippen LogP contribution in [0.5, 0.6) is 5.75 Å². The Morgan fingerprint density at radius 2 is 1.46 bits per heavy atom. The van der Waals surface area contributed by atoms with Crippen LogP contribution in [0.4, 0.5) is 0 Å². The molecule has 0 saturated heterocycles. The zero-order chi connectivity index (χ0) is 16.9. The molecule has 0 aromatic heterocycles. The van der Waals surface area contributed by atoms with Crippen molar-refractivity contribution in [1.29, 1.82) is 0 Å². The minimum atomic E-state index is -0.652. The fraction of sp³-hybridized carbons (Fsp3) is 0.167. The number of ether oxygens (including phenoxy) is 1. The van der Waals surface area contributed by atoms with Crippen molar-refractivity contribution in [2.24, 2.45) is 0 Å². The molecular formula is C18H15NO5. The van der Waals surface area contributed by atoms with Crippen molar-refractivity contribution in [3.05, 3.63) is 65.7 Å². The number of carbonyl (C=O) groups is 3. The molecule has 0 aliphatic carbocycles. The van der Waals surface area contributed by atoms with E-state index in [4.69, 9.17) is 9.57 Å². The van der Waals surface area contributed by atoms with Crippen molar-refractivity contribution in [2.45, 2.75) is 12.8 Å². The van der Waals surface area contributed by atoms with E-state index >= 15 is 0 Å². The lowest BCUT2D eigenvalue weighted by atomic mass is 10.1. The van der Waals surface area contributed by atoms with Gasteiger partial charge in [0.15, 0.2) is 0 Å². The largest absolute Gasteiger partial charge is 0.494 e. The van der Waals surface area contributed by atoms with Crippen LogP contribution >= 0.6 is 0 Å². The first-order valence-electron chi connectivity index (χ1n) is 7.53. The number of hydroxylamine groups is 2. The first kappa shape index (κ1) is 15.7. The number of imide groups is 1. The molecule has 3 rings (SSSR count). The lowest BCUT2D eigenvalue weighted by Crippen LogP contribution is -2.32. The second-order valence-electron chi connectivity index (χ2n) is 5.18. The molecule has 2 amide bonds. The van der Waals surface area contributed by atoms with Crippen LogP contribution in [0.1, 0.15) is 33.6 Å². The van der Waals surface area contributed by atoms with E-state index < -0.39 is 17.8 Å². The van der Waals surface area contributed by atoms with E-state index in [0.717, 1.165) is 0 Å². The highest BCUT2D eigenvalue weighted by molar-refractivity contribution is 6.20. The third-order valence-corrected chi connectivity index (χ3v) is 3.49. The molecule has 0 unspecified atom stereocenters. The molecule has 1 aliphatic rings. The van der Waals surface area contributed by atoms with Gasteiger partial charge >= 0.3 is 5.97 Å². The van der Waals surface area contributed by atoms with E-state index in [0.29, 0.717) is 23.8 Å². The smallest absolute Gasteiger partial charge is 0.333 e. The monoisotopic (exact) mass is 325 g/mol. The fourth-order valence-electron chi connectivity index (χ4n) is 2.32. The van der Waals surface area contributed by atoms with Gasteiger partial charge in [-0.05, 0) is 30.7 Å². The van der Waals surface area contributed by atoms with Crippen molar-refractivity contribution in [3.63, 3.8) is 0 Å². The van der Waals surface area contributed by atoms with Crippen LogP contribution in [0.25, 0.3) is 0 Å². The van der Waals surface area contributed by atoms with Crippen molar-refractivity contribution in [3.8, 4) is 5.75 Å². The lowest BCUT2D eigenvalue weighted by Gasteiger charge is -2.12. The second kappa shape index (κ2) is 6.95. The molecule has 0 fully saturated rings. The topological polar surface area (TPSA) is 72.9 Å². The number of hydrogen-bond donors (Lipinski definition) is 0. The van der Waals surface area contributed by atoms with E-state index in [2.05, 4.69) is 0 Å². The van der Waals surface area contributed by atoms with Crippen LogP contribution < -0.4 is 4.74 Å². The summed E-state index contributed by atoms with van der Waals surface area (Å²) in [5, 5.41) is 0.519. The zero-order valence-electron chi connectivity index (χ0n) is 12.8. The highest BCUT2D eigenvalue weighted by Crippen LogP contribution is 2.22. The van der Waals surface area contributed by atoms with Gasteiger partial charge in [-0.1, -0.05) is 35.4 Å². The summed E-state index contributed by atoms with van der Waals surface area (Å²) in [6, 6.07) is 15.6. The van der Waals surface area contributed by atoms with Gasteiger partial charge in [0.05, 0.1) is 24.2 Å². The summed E-state index contributed by atoms with van der Waals surface area (Å²) < 4.78 is 5.46. The molecule has 0 atom stereocenters. The highest BCUT2D eigenvalue weighted by Gasteiger charge is 2.38. The van der Waals surface area contributed by atoms with E-state index in [1.807, 2.05) is 30.3 Å². The van der Waals surface area contributed by atoms with Gasteiger partial charge in [-0.3, -0.25) is 9.59 Å². The fourth-order valence-corrected chi connectivity index (χ4v) is 2.32. The molecule has 0 saturated carbocycles. The van der Waals surface area contributed by atoms with E-state index in [1.165, 1.54) is 12.1 Å². The average molecular weight is 325 g/mol. The zero-order valence-corrected chi connectivity index (χ0v) is 12.8. The third kappa shape index (κ3) is 3.27. The van der Waals surface area contributed by atoms with Crippen LogP contribution in [-0.4, -0.2) is 29.5 Å². The van der Waals surface area contributed by atoms with Crippen molar-refractivity contribution in [1.82, 2.24) is 5.06 Å². The first-order valence-corrected chi connectivity index (χ1v) is 7.53. The van der Waals surface area contributed by atoms with E-state index in [9.17, 15) is 14.4 Å². The number of nitrogens with zero attached hydrogens (tertiary/aromatic N) is 1. The molecule has 0 spiro atoms. The Hall–Kier alpha value is -3.15. The Bertz CT molecular complexity index is 737. The first-order chi connectivity index (χ1) is 11.7. The van der Waals surface area contributed by atoms with Crippen LogP contribution in [-0.2, 0) is 9.63 Å². The maximum absolute atomic E-state index is 12.1. The average Bonchev–Trinajstić information content (AvgIpc) is 2.85. The molecule has 1 heterocycles. The number of hydrogen-bond acceptors (Lipinski definition) is 5. The van der Waals surface area contributed by atoms with E-state index in [1.54, 1.807) is 12.1 Å². The molecule has 6 nitrogen and oxygen atoms in total. The van der Waals surface area contributed by atoms with Gasteiger partial charge in [-0.25, -0.2) is 4.79 Å². The number of para-hydroxylation sites is 1. The maximum Gasteiger partial charge on any atom is 0.333 e. The van der Waals surface area contributed by atoms with Gasteiger partial charge in [0, 0.05) is 0 Å². The molecule has 0 N–H and O–H groups in total. The maximum atomic E-state index is 12.1. The number of benzene rings is 2. The van der Waals surface area contributed by atoms with Crippen LogP contribution in [0, 0.1) is 0 Å². The van der Waals surface area contributed by atoms with Gasteiger partial charge in [0.25, 0.3) is 11.8 Å². The molecule has 0 bridgehead atoms. The van der Waals surface area contributed by atoms with Crippen LogP contribution in [0.2, 0.25) is 0 Å². The minimum absolute atomic E-state index is 0.0419. The highest BCUT2D eigenvalue weighted by atomic mass is 16.7. The Labute approximate surface area is 138 Å². The number of amides is 2. The summed E-state index contributed by atoms with van der Waals surface area (Å²) in [4.78, 5) is 40.9. The Morgan fingerprint density at radius 3 is 2.08 bits per heavy atom. The van der Waals surface area contributed by atoms with Crippen molar-refractivity contribution < 1.29 is 24.0 Å². The van der Waals surface area contributed by atoms with Crippen molar-refractivity contribution >= 4 is 17.8 Å². The summed E-state index contributed by atoms with van der Waals surface area (Å²) >= 11 is 0. The summed E-state index contributed by atoms with van der Waals surface area (Å²) in [6.45, 7) is 0.335. The number of rotatable bonds is 6. The number of fused-ring (bicyclic) bond motifs is 1. The molecule has 2 aromatic carbocycles. The van der Waals surface area contributed by atoms with Crippen LogP contribution in [0.15, 0.2) is 54.6 Å². The van der Waals surface area contributed by atoms with Gasteiger partial charge in [0.1, 0.15) is 5.75 Å². The summed E-state index contributed by atoms with van der Waals surface area (Å²) in [5.41, 5.74) is 0.477. The van der Waals surface area contributed by atoms with Gasteiger partial charge in [-0.2, -0.15) is 0 Å². The lowest BCUT2D eigenvalue weighted by molar-refractivity contribution is -0.168. The molecule has 6 heteroatoms. The Morgan fingerprint density at radius 1 is 0.875 bits per heavy atom. The Balaban J connectivity index is 1.48. The van der Waals surface area contributed by atoms with Gasteiger partial charge in [0.2, 0.25) is 0 Å². The normalized spacial score (nSPS) is 12.9. The third-order valence-electron chi connectivity index (χ3n) is 3.49. The molecule has 1 aliphatic heterocycles. The second-order valence-corrected chi connectivity index (χ2v) is 5.18. The minimum Gasteiger partial charge on any atom is -0.494 e. The molecule has 24 heavy (non-hydrogen) atoms. The van der Waals surface area contributed by atoms with Crippen molar-refractivity contribution in [2.75, 3.05) is 6.61 Å². The summed E-state index contributed by atoms with van der Waals surface area (Å²) in [7, 11) is 0. The molecule has 2 aromatic rings. The van der Waals surface area contributed by atoms with Crippen LogP contribution in [0.3, 0.4) is 0 Å².